The fourth-order valence-corrected chi connectivity index (χ4v) is 1.69. The molecule has 17 heavy (non-hydrogen) atoms. The highest BCUT2D eigenvalue weighted by Crippen LogP contribution is 2.30. The molecule has 0 aromatic rings. The summed E-state index contributed by atoms with van der Waals surface area (Å²) in [5.74, 6) is 0. The minimum Gasteiger partial charge on any atom is -0.326 e. The van der Waals surface area contributed by atoms with Crippen LogP contribution in [-0.4, -0.2) is 36.8 Å². The highest BCUT2D eigenvalue weighted by atomic mass is 19.4. The van der Waals surface area contributed by atoms with Crippen LogP contribution in [-0.2, 0) is 0 Å². The van der Waals surface area contributed by atoms with Gasteiger partial charge in [-0.05, 0) is 11.8 Å². The van der Waals surface area contributed by atoms with Crippen molar-refractivity contribution in [2.75, 3.05) is 19.6 Å². The summed E-state index contributed by atoms with van der Waals surface area (Å²) in [6.07, 6.45) is -2.82. The molecule has 2 N–H and O–H groups in total. The van der Waals surface area contributed by atoms with Gasteiger partial charge in [0, 0.05) is 31.2 Å². The van der Waals surface area contributed by atoms with Gasteiger partial charge in [0.1, 0.15) is 0 Å². The van der Waals surface area contributed by atoms with Gasteiger partial charge in [0.15, 0.2) is 0 Å². The van der Waals surface area contributed by atoms with E-state index >= 15 is 0 Å². The van der Waals surface area contributed by atoms with Crippen molar-refractivity contribution < 1.29 is 13.2 Å². The predicted octanol–water partition coefficient (Wildman–Crippen LogP) is 2.55. The smallest absolute Gasteiger partial charge is 0.326 e. The van der Waals surface area contributed by atoms with Gasteiger partial charge in [0.25, 0.3) is 0 Å². The summed E-state index contributed by atoms with van der Waals surface area (Å²) in [4.78, 5) is 1.98. The van der Waals surface area contributed by atoms with Gasteiger partial charge in [-0.25, -0.2) is 0 Å². The maximum Gasteiger partial charge on any atom is 0.412 e. The third kappa shape index (κ3) is 4.32. The molecule has 1 aliphatic rings. The molecule has 0 bridgehead atoms. The molecule has 2 nitrogen and oxygen atoms in total. The summed E-state index contributed by atoms with van der Waals surface area (Å²) in [6, 6.07) is -0.0247. The number of rotatable bonds is 2. The van der Waals surface area contributed by atoms with Crippen LogP contribution in [0.1, 0.15) is 27.2 Å². The number of nitrogens with two attached hydrogens (primary N) is 1. The molecule has 0 saturated carbocycles. The molecule has 0 aromatic heterocycles. The predicted molar refractivity (Wildman–Crippen MR) is 62.6 cm³/mol. The number of nitrogens with zero attached hydrogens (tertiary/aromatic N) is 1. The Hall–Kier alpha value is -0.550. The average Bonchev–Trinajstić information content (AvgIpc) is 2.15. The Kier molecular flexibility index (Phi) is 4.25. The molecular formula is C12H21F3N2. The van der Waals surface area contributed by atoms with E-state index in [0.717, 1.165) is 0 Å². The Labute approximate surface area is 101 Å². The van der Waals surface area contributed by atoms with Gasteiger partial charge in [0.2, 0.25) is 0 Å². The van der Waals surface area contributed by atoms with Crippen molar-refractivity contribution in [3.8, 4) is 0 Å². The zero-order chi connectivity index (χ0) is 13.3. The molecular weight excluding hydrogens is 229 g/mol. The molecule has 1 atom stereocenters. The lowest BCUT2D eigenvalue weighted by Crippen LogP contribution is -2.46. The molecule has 0 amide bonds. The van der Waals surface area contributed by atoms with Crippen LogP contribution in [0.25, 0.3) is 0 Å². The first-order valence-electron chi connectivity index (χ1n) is 5.85. The monoisotopic (exact) mass is 250 g/mol. The molecule has 5 heteroatoms. The largest absolute Gasteiger partial charge is 0.412 e. The first-order chi connectivity index (χ1) is 7.60. The molecule has 0 saturated heterocycles. The van der Waals surface area contributed by atoms with Gasteiger partial charge >= 0.3 is 6.18 Å². The SMILES string of the molecule is CC(C)(C)C(N)CN1CC=C(C(F)(F)F)CC1. The van der Waals surface area contributed by atoms with Crippen molar-refractivity contribution in [1.82, 2.24) is 4.90 Å². The van der Waals surface area contributed by atoms with Crippen molar-refractivity contribution >= 4 is 0 Å². The molecule has 0 aliphatic carbocycles. The summed E-state index contributed by atoms with van der Waals surface area (Å²) in [7, 11) is 0. The second-order valence-corrected chi connectivity index (χ2v) is 5.71. The fourth-order valence-electron chi connectivity index (χ4n) is 1.69. The van der Waals surface area contributed by atoms with Crippen molar-refractivity contribution in [3.05, 3.63) is 11.6 Å². The van der Waals surface area contributed by atoms with Crippen molar-refractivity contribution in [2.45, 2.75) is 39.4 Å². The van der Waals surface area contributed by atoms with Crippen LogP contribution in [0.4, 0.5) is 13.2 Å². The first kappa shape index (κ1) is 14.5. The van der Waals surface area contributed by atoms with E-state index in [1.54, 1.807) is 0 Å². The van der Waals surface area contributed by atoms with Gasteiger partial charge in [0.05, 0.1) is 0 Å². The quantitative estimate of drug-likeness (QED) is 0.763. The topological polar surface area (TPSA) is 29.3 Å². The maximum absolute atomic E-state index is 12.4. The van der Waals surface area contributed by atoms with Gasteiger partial charge < -0.3 is 5.73 Å². The Balaban J connectivity index is 2.51. The molecule has 0 aromatic carbocycles. The number of halogens is 3. The highest BCUT2D eigenvalue weighted by Gasteiger charge is 2.35. The third-order valence-electron chi connectivity index (χ3n) is 3.22. The molecule has 100 valence electrons. The van der Waals surface area contributed by atoms with Crippen LogP contribution in [0.15, 0.2) is 11.6 Å². The van der Waals surface area contributed by atoms with E-state index in [-0.39, 0.29) is 17.9 Å². The Bertz CT molecular complexity index is 289. The Morgan fingerprint density at radius 1 is 1.35 bits per heavy atom. The first-order valence-corrected chi connectivity index (χ1v) is 5.85. The molecule has 1 rings (SSSR count). The van der Waals surface area contributed by atoms with E-state index in [0.29, 0.717) is 19.6 Å². The summed E-state index contributed by atoms with van der Waals surface area (Å²) in [5, 5.41) is 0. The van der Waals surface area contributed by atoms with Crippen LogP contribution in [0, 0.1) is 5.41 Å². The van der Waals surface area contributed by atoms with E-state index in [1.807, 2.05) is 25.7 Å². The number of hydrogen-bond donors (Lipinski definition) is 1. The van der Waals surface area contributed by atoms with Crippen molar-refractivity contribution in [2.24, 2.45) is 11.1 Å². The molecule has 1 aliphatic heterocycles. The minimum absolute atomic E-state index is 0.0198. The molecule has 0 radical (unpaired) electrons. The minimum atomic E-state index is -4.17. The number of alkyl halides is 3. The van der Waals surface area contributed by atoms with Crippen LogP contribution in [0.5, 0.6) is 0 Å². The Morgan fingerprint density at radius 2 is 1.94 bits per heavy atom. The van der Waals surface area contributed by atoms with E-state index in [9.17, 15) is 13.2 Å². The molecule has 0 spiro atoms. The molecule has 0 fully saturated rings. The lowest BCUT2D eigenvalue weighted by atomic mass is 9.87. The standard InChI is InChI=1S/C12H21F3N2/c1-11(2,3)10(16)8-17-6-4-9(5-7-17)12(13,14)15/h4,10H,5-8,16H2,1-3H3. The molecule has 1 unspecified atom stereocenters. The summed E-state index contributed by atoms with van der Waals surface area (Å²) >= 11 is 0. The lowest BCUT2D eigenvalue weighted by molar-refractivity contribution is -0.0961. The van der Waals surface area contributed by atoms with Crippen molar-refractivity contribution in [3.63, 3.8) is 0 Å². The van der Waals surface area contributed by atoms with Gasteiger partial charge in [-0.1, -0.05) is 26.8 Å². The Morgan fingerprint density at radius 3 is 2.29 bits per heavy atom. The summed E-state index contributed by atoms with van der Waals surface area (Å²) in [6.45, 7) is 7.55. The van der Waals surface area contributed by atoms with Crippen LogP contribution < -0.4 is 5.73 Å². The van der Waals surface area contributed by atoms with Crippen LogP contribution in [0.3, 0.4) is 0 Å². The zero-order valence-electron chi connectivity index (χ0n) is 10.6. The van der Waals surface area contributed by atoms with E-state index < -0.39 is 11.7 Å². The van der Waals surface area contributed by atoms with Gasteiger partial charge in [-0.15, -0.1) is 0 Å². The van der Waals surface area contributed by atoms with Gasteiger partial charge in [-0.2, -0.15) is 13.2 Å². The second kappa shape index (κ2) is 4.98. The van der Waals surface area contributed by atoms with E-state index in [2.05, 4.69) is 0 Å². The number of hydrogen-bond acceptors (Lipinski definition) is 2. The zero-order valence-corrected chi connectivity index (χ0v) is 10.6. The fraction of sp³-hybridized carbons (Fsp3) is 0.833. The summed E-state index contributed by atoms with van der Waals surface area (Å²) < 4.78 is 37.2. The van der Waals surface area contributed by atoms with Crippen LogP contribution >= 0.6 is 0 Å². The third-order valence-corrected chi connectivity index (χ3v) is 3.22. The van der Waals surface area contributed by atoms with Gasteiger partial charge in [-0.3, -0.25) is 4.90 Å². The normalized spacial score (nSPS) is 21.2. The highest BCUT2D eigenvalue weighted by molar-refractivity contribution is 5.13. The van der Waals surface area contributed by atoms with Crippen LogP contribution in [0.2, 0.25) is 0 Å². The second-order valence-electron chi connectivity index (χ2n) is 5.71. The molecule has 1 heterocycles. The average molecular weight is 250 g/mol. The van der Waals surface area contributed by atoms with Crippen molar-refractivity contribution in [1.29, 1.82) is 0 Å². The van der Waals surface area contributed by atoms with E-state index in [1.165, 1.54) is 6.08 Å². The summed E-state index contributed by atoms with van der Waals surface area (Å²) in [5.41, 5.74) is 5.59. The maximum atomic E-state index is 12.4. The van der Waals surface area contributed by atoms with E-state index in [4.69, 9.17) is 5.73 Å². The lowest BCUT2D eigenvalue weighted by Gasteiger charge is -2.34.